The molecule has 2 aliphatic heterocycles. The molecular weight excluding hydrogens is 869 g/mol. The standard InChI is InChI=1S/C50H54N10O8/c51-29-35-9-19-44(53-31-35)56-38-12-16-40(17-13-38)59(50(65)54-30-34-5-2-1-3-6-34)39-14-10-36(11-15-39)37-32-55-58(33-37)22-24-67-26-28-68-27-25-66-23-21-52-42-8-4-7-41-46(42)49(64)60(48(41)63)43-18-20-45(61)57-47(43)62/h1-11,14-15,19,31-33,38,40,43,52H,12-13,16-18,20-28,30H2,(H,53,56)(H,54,65)(H,57,61,62). The van der Waals surface area contributed by atoms with Crippen LogP contribution in [0.4, 0.5) is 22.0 Å². The predicted molar refractivity (Wildman–Crippen MR) is 251 cm³/mol. The van der Waals surface area contributed by atoms with Crippen LogP contribution >= 0.6 is 0 Å². The third-order valence-corrected chi connectivity index (χ3v) is 12.2. The molecule has 352 valence electrons. The first-order valence-electron chi connectivity index (χ1n) is 22.9. The van der Waals surface area contributed by atoms with Gasteiger partial charge in [-0.3, -0.25) is 39.0 Å². The molecule has 2 fully saturated rings. The highest BCUT2D eigenvalue weighted by atomic mass is 16.5. The Morgan fingerprint density at radius 3 is 2.26 bits per heavy atom. The lowest BCUT2D eigenvalue weighted by atomic mass is 9.89. The number of nitriles is 1. The molecule has 3 aromatic carbocycles. The molecule has 6 amide bonds. The largest absolute Gasteiger partial charge is 0.382 e. The van der Waals surface area contributed by atoms with Crippen molar-refractivity contribution in [2.75, 3.05) is 61.7 Å². The molecular formula is C50H54N10O8. The fourth-order valence-electron chi connectivity index (χ4n) is 8.65. The van der Waals surface area contributed by atoms with Gasteiger partial charge < -0.3 is 30.2 Å². The van der Waals surface area contributed by atoms with Crippen LogP contribution in [0.1, 0.15) is 70.4 Å². The molecule has 4 N–H and O–H groups in total. The zero-order valence-corrected chi connectivity index (χ0v) is 37.6. The van der Waals surface area contributed by atoms with Crippen LogP contribution in [0.15, 0.2) is 104 Å². The molecule has 3 aliphatic rings. The first-order valence-corrected chi connectivity index (χ1v) is 22.9. The normalized spacial score (nSPS) is 17.9. The molecule has 1 aliphatic carbocycles. The zero-order chi connectivity index (χ0) is 47.2. The second-order valence-corrected chi connectivity index (χ2v) is 16.7. The van der Waals surface area contributed by atoms with Crippen LogP contribution in [0.25, 0.3) is 11.1 Å². The first kappa shape index (κ1) is 47.0. The van der Waals surface area contributed by atoms with Crippen molar-refractivity contribution in [2.45, 2.75) is 69.7 Å². The Morgan fingerprint density at radius 2 is 1.54 bits per heavy atom. The quantitative estimate of drug-likeness (QED) is 0.0527. The highest BCUT2D eigenvalue weighted by Gasteiger charge is 2.45. The summed E-state index contributed by atoms with van der Waals surface area (Å²) in [7, 11) is 0. The molecule has 4 heterocycles. The summed E-state index contributed by atoms with van der Waals surface area (Å²) >= 11 is 0. The number of rotatable bonds is 21. The second kappa shape index (κ2) is 22.8. The molecule has 18 nitrogen and oxygen atoms in total. The van der Waals surface area contributed by atoms with Crippen molar-refractivity contribution in [3.63, 3.8) is 0 Å². The summed E-state index contributed by atoms with van der Waals surface area (Å²) in [6.07, 6.45) is 8.88. The van der Waals surface area contributed by atoms with E-state index in [-0.39, 0.29) is 42.1 Å². The molecule has 0 bridgehead atoms. The number of piperidine rings is 1. The van der Waals surface area contributed by atoms with Gasteiger partial charge in [0.1, 0.15) is 17.9 Å². The third kappa shape index (κ3) is 11.7. The third-order valence-electron chi connectivity index (χ3n) is 12.2. The van der Waals surface area contributed by atoms with E-state index in [1.165, 1.54) is 0 Å². The monoisotopic (exact) mass is 922 g/mol. The summed E-state index contributed by atoms with van der Waals surface area (Å²) in [6.45, 7) is 3.64. The summed E-state index contributed by atoms with van der Waals surface area (Å²) in [4.78, 5) is 71.4. The molecule has 0 radical (unpaired) electrons. The Bertz CT molecular complexity index is 2590. The number of urea groups is 1. The smallest absolute Gasteiger partial charge is 0.322 e. The van der Waals surface area contributed by atoms with Gasteiger partial charge in [0, 0.05) is 60.9 Å². The van der Waals surface area contributed by atoms with Crippen molar-refractivity contribution in [3.05, 3.63) is 126 Å². The van der Waals surface area contributed by atoms with Gasteiger partial charge in [0.25, 0.3) is 11.8 Å². The van der Waals surface area contributed by atoms with Gasteiger partial charge in [0.15, 0.2) is 0 Å². The minimum Gasteiger partial charge on any atom is -0.382 e. The Kier molecular flexibility index (Phi) is 15.8. The van der Waals surface area contributed by atoms with E-state index < -0.39 is 29.7 Å². The molecule has 1 saturated heterocycles. The lowest BCUT2D eigenvalue weighted by molar-refractivity contribution is -0.136. The fourth-order valence-corrected chi connectivity index (χ4v) is 8.65. The van der Waals surface area contributed by atoms with Crippen LogP contribution in [0.5, 0.6) is 0 Å². The SMILES string of the molecule is N#Cc1ccc(NC2CCC(N(C(=O)NCc3ccccc3)c3ccc(-c4cnn(CCOCCOCCOCCNc5cccc6c5C(=O)N(C5CCC(=O)NC5=O)C6=O)c4)cc3)CC2)nc1. The van der Waals surface area contributed by atoms with Crippen LogP contribution in [-0.4, -0.2) is 114 Å². The van der Waals surface area contributed by atoms with Crippen molar-refractivity contribution < 1.29 is 38.2 Å². The number of aromatic nitrogens is 3. The van der Waals surface area contributed by atoms with Crippen LogP contribution in [-0.2, 0) is 36.9 Å². The van der Waals surface area contributed by atoms with Gasteiger partial charge in [-0.15, -0.1) is 0 Å². The Labute approximate surface area is 393 Å². The lowest BCUT2D eigenvalue weighted by Gasteiger charge is -2.37. The van der Waals surface area contributed by atoms with E-state index in [4.69, 9.17) is 19.5 Å². The van der Waals surface area contributed by atoms with E-state index in [9.17, 15) is 24.0 Å². The summed E-state index contributed by atoms with van der Waals surface area (Å²) in [5, 5.41) is 25.6. The molecule has 5 aromatic rings. The average molecular weight is 923 g/mol. The second-order valence-electron chi connectivity index (χ2n) is 16.7. The van der Waals surface area contributed by atoms with Gasteiger partial charge in [0.2, 0.25) is 11.8 Å². The fraction of sp³-hybridized carbons (Fsp3) is 0.360. The van der Waals surface area contributed by atoms with E-state index >= 15 is 0 Å². The summed E-state index contributed by atoms with van der Waals surface area (Å²) in [5.74, 6) is -1.45. The molecule has 2 aromatic heterocycles. The van der Waals surface area contributed by atoms with Gasteiger partial charge in [0.05, 0.1) is 69.1 Å². The highest BCUT2D eigenvalue weighted by Crippen LogP contribution is 2.33. The topological polar surface area (TPSA) is 222 Å². The predicted octanol–water partition coefficient (Wildman–Crippen LogP) is 5.52. The Balaban J connectivity index is 0.731. The molecule has 68 heavy (non-hydrogen) atoms. The molecule has 8 rings (SSSR count). The van der Waals surface area contributed by atoms with Crippen LogP contribution in [0.2, 0.25) is 0 Å². The minimum atomic E-state index is -1.02. The van der Waals surface area contributed by atoms with Gasteiger partial charge >= 0.3 is 6.03 Å². The lowest BCUT2D eigenvalue weighted by Crippen LogP contribution is -2.54. The summed E-state index contributed by atoms with van der Waals surface area (Å²) in [6, 6.07) is 27.6. The first-order chi connectivity index (χ1) is 33.2. The average Bonchev–Trinajstić information content (AvgIpc) is 3.94. The molecule has 18 heteroatoms. The maximum absolute atomic E-state index is 13.9. The van der Waals surface area contributed by atoms with Crippen LogP contribution < -0.4 is 26.2 Å². The molecule has 1 saturated carbocycles. The zero-order valence-electron chi connectivity index (χ0n) is 37.6. The maximum Gasteiger partial charge on any atom is 0.322 e. The van der Waals surface area contributed by atoms with E-state index in [0.717, 1.165) is 58.8 Å². The number of nitrogens with zero attached hydrogens (tertiary/aromatic N) is 6. The van der Waals surface area contributed by atoms with Crippen molar-refractivity contribution in [2.24, 2.45) is 0 Å². The van der Waals surface area contributed by atoms with Crippen LogP contribution in [0.3, 0.4) is 0 Å². The number of ether oxygens (including phenoxy) is 3. The van der Waals surface area contributed by atoms with E-state index in [1.54, 1.807) is 30.5 Å². The van der Waals surface area contributed by atoms with Gasteiger partial charge in [-0.05, 0) is 79.6 Å². The van der Waals surface area contributed by atoms with Crippen LogP contribution in [0, 0.1) is 11.3 Å². The van der Waals surface area contributed by atoms with Crippen molar-refractivity contribution >= 4 is 46.9 Å². The number of carbonyl (C=O) groups excluding carboxylic acids is 5. The van der Waals surface area contributed by atoms with E-state index in [1.807, 2.05) is 82.6 Å². The van der Waals surface area contributed by atoms with Gasteiger partial charge in [-0.2, -0.15) is 10.4 Å². The maximum atomic E-state index is 13.9. The minimum absolute atomic E-state index is 0.00953. The summed E-state index contributed by atoms with van der Waals surface area (Å²) < 4.78 is 18.9. The van der Waals surface area contributed by atoms with Gasteiger partial charge in [-0.25, -0.2) is 9.78 Å². The Hall–Kier alpha value is -7.46. The molecule has 1 unspecified atom stereocenters. The number of pyridine rings is 1. The number of fused-ring (bicyclic) bond motifs is 1. The number of nitrogens with one attached hydrogen (secondary N) is 4. The Morgan fingerprint density at radius 1 is 0.794 bits per heavy atom. The number of hydrogen-bond acceptors (Lipinski definition) is 13. The highest BCUT2D eigenvalue weighted by molar-refractivity contribution is 6.25. The van der Waals surface area contributed by atoms with Gasteiger partial charge in [-0.1, -0.05) is 48.5 Å². The summed E-state index contributed by atoms with van der Waals surface area (Å²) in [5.41, 5.74) is 5.18. The number of hydrogen-bond donors (Lipinski definition) is 4. The number of carbonyl (C=O) groups is 5. The number of amides is 6. The van der Waals surface area contributed by atoms with E-state index in [0.29, 0.717) is 70.5 Å². The van der Waals surface area contributed by atoms with Crippen molar-refractivity contribution in [1.82, 2.24) is 30.3 Å². The number of benzene rings is 3. The van der Waals surface area contributed by atoms with E-state index in [2.05, 4.69) is 37.4 Å². The van der Waals surface area contributed by atoms with Crippen molar-refractivity contribution in [1.29, 1.82) is 5.26 Å². The number of imide groups is 2. The molecule has 0 spiro atoms. The van der Waals surface area contributed by atoms with Crippen molar-refractivity contribution in [3.8, 4) is 17.2 Å². The molecule has 1 atom stereocenters. The number of anilines is 3.